The van der Waals surface area contributed by atoms with Gasteiger partial charge in [0.15, 0.2) is 0 Å². The predicted octanol–water partition coefficient (Wildman–Crippen LogP) is 2.24. The Labute approximate surface area is 130 Å². The van der Waals surface area contributed by atoms with Crippen LogP contribution < -0.4 is 10.6 Å². The van der Waals surface area contributed by atoms with E-state index in [2.05, 4.69) is 15.7 Å². The van der Waals surface area contributed by atoms with Crippen molar-refractivity contribution in [3.8, 4) is 0 Å². The zero-order valence-electron chi connectivity index (χ0n) is 12.9. The minimum atomic E-state index is -0.600. The molecule has 2 N–H and O–H groups in total. The van der Waals surface area contributed by atoms with Crippen LogP contribution in [0.25, 0.3) is 0 Å². The third-order valence-electron chi connectivity index (χ3n) is 4.81. The van der Waals surface area contributed by atoms with Gasteiger partial charge in [-0.15, -0.1) is 0 Å². The first-order valence-corrected chi connectivity index (χ1v) is 8.37. The second-order valence-corrected chi connectivity index (χ2v) is 6.41. The molecule has 0 saturated heterocycles. The molecule has 2 aliphatic carbocycles. The van der Waals surface area contributed by atoms with Gasteiger partial charge in [-0.05, 0) is 31.6 Å². The number of aromatic nitrogens is 2. The fourth-order valence-corrected chi connectivity index (χ4v) is 3.22. The molecule has 0 bridgehead atoms. The highest BCUT2D eigenvalue weighted by Gasteiger charge is 2.23. The van der Waals surface area contributed by atoms with Crippen molar-refractivity contribution in [3.63, 3.8) is 0 Å². The monoisotopic (exact) mass is 304 g/mol. The summed E-state index contributed by atoms with van der Waals surface area (Å²) in [5.74, 6) is 0.0142. The molecule has 2 aliphatic rings. The number of rotatable bonds is 4. The van der Waals surface area contributed by atoms with E-state index in [1.807, 2.05) is 4.68 Å². The van der Waals surface area contributed by atoms with Crippen molar-refractivity contribution in [2.75, 3.05) is 11.9 Å². The maximum atomic E-state index is 12.0. The predicted molar refractivity (Wildman–Crippen MR) is 83.3 cm³/mol. The van der Waals surface area contributed by atoms with Crippen LogP contribution in [0.15, 0.2) is 12.3 Å². The van der Waals surface area contributed by atoms with Crippen molar-refractivity contribution >= 4 is 17.6 Å². The standard InChI is InChI=1S/C16H24N4O2/c21-15(17-11-12-5-4-6-12)16(22)19-14-9-10-18-20(14)13-7-2-1-3-8-13/h9-10,12-13H,1-8,11H2,(H,17,21)(H,19,22). The van der Waals surface area contributed by atoms with Crippen LogP contribution in [0.5, 0.6) is 0 Å². The highest BCUT2D eigenvalue weighted by Crippen LogP contribution is 2.29. The molecule has 3 rings (SSSR count). The first-order valence-electron chi connectivity index (χ1n) is 8.37. The molecule has 6 heteroatoms. The lowest BCUT2D eigenvalue weighted by molar-refractivity contribution is -0.136. The summed E-state index contributed by atoms with van der Waals surface area (Å²) in [4.78, 5) is 23.8. The molecule has 2 fully saturated rings. The summed E-state index contributed by atoms with van der Waals surface area (Å²) in [6.07, 6.45) is 11.0. The Morgan fingerprint density at radius 3 is 2.55 bits per heavy atom. The first-order chi connectivity index (χ1) is 10.7. The van der Waals surface area contributed by atoms with Gasteiger partial charge in [-0.25, -0.2) is 4.68 Å². The maximum Gasteiger partial charge on any atom is 0.314 e. The van der Waals surface area contributed by atoms with Gasteiger partial charge in [-0.1, -0.05) is 25.7 Å². The Hall–Kier alpha value is -1.85. The number of carbonyl (C=O) groups is 2. The largest absolute Gasteiger partial charge is 0.348 e. The summed E-state index contributed by atoms with van der Waals surface area (Å²) in [5.41, 5.74) is 0. The minimum Gasteiger partial charge on any atom is -0.348 e. The Kier molecular flexibility index (Phi) is 4.75. The van der Waals surface area contributed by atoms with E-state index >= 15 is 0 Å². The smallest absolute Gasteiger partial charge is 0.314 e. The highest BCUT2D eigenvalue weighted by atomic mass is 16.2. The van der Waals surface area contributed by atoms with Gasteiger partial charge in [-0.3, -0.25) is 9.59 Å². The van der Waals surface area contributed by atoms with Gasteiger partial charge >= 0.3 is 11.8 Å². The van der Waals surface area contributed by atoms with Gasteiger partial charge in [0.25, 0.3) is 0 Å². The summed E-state index contributed by atoms with van der Waals surface area (Å²) < 4.78 is 1.86. The van der Waals surface area contributed by atoms with Crippen LogP contribution in [0.4, 0.5) is 5.82 Å². The number of nitrogens with one attached hydrogen (secondary N) is 2. The molecule has 0 radical (unpaired) electrons. The number of amides is 2. The molecule has 22 heavy (non-hydrogen) atoms. The molecular weight excluding hydrogens is 280 g/mol. The van der Waals surface area contributed by atoms with E-state index in [0.717, 1.165) is 25.7 Å². The molecule has 2 saturated carbocycles. The Bertz CT molecular complexity index is 530. The van der Waals surface area contributed by atoms with Crippen molar-refractivity contribution in [2.24, 2.45) is 5.92 Å². The number of nitrogens with zero attached hydrogens (tertiary/aromatic N) is 2. The third-order valence-corrected chi connectivity index (χ3v) is 4.81. The molecule has 0 spiro atoms. The topological polar surface area (TPSA) is 76.0 Å². The van der Waals surface area contributed by atoms with E-state index in [9.17, 15) is 9.59 Å². The van der Waals surface area contributed by atoms with Crippen molar-refractivity contribution in [1.29, 1.82) is 0 Å². The quantitative estimate of drug-likeness (QED) is 0.838. The number of carbonyl (C=O) groups excluding carboxylic acids is 2. The highest BCUT2D eigenvalue weighted by molar-refractivity contribution is 6.39. The normalized spacial score (nSPS) is 19.5. The summed E-state index contributed by atoms with van der Waals surface area (Å²) in [6, 6.07) is 2.09. The summed E-state index contributed by atoms with van der Waals surface area (Å²) >= 11 is 0. The number of hydrogen-bond donors (Lipinski definition) is 2. The summed E-state index contributed by atoms with van der Waals surface area (Å²) in [5, 5.41) is 9.73. The zero-order chi connectivity index (χ0) is 15.4. The molecule has 0 atom stereocenters. The van der Waals surface area contributed by atoms with E-state index < -0.39 is 11.8 Å². The van der Waals surface area contributed by atoms with E-state index in [-0.39, 0.29) is 0 Å². The van der Waals surface area contributed by atoms with Gasteiger partial charge in [0, 0.05) is 12.6 Å². The summed E-state index contributed by atoms with van der Waals surface area (Å²) in [6.45, 7) is 0.605. The Morgan fingerprint density at radius 2 is 1.86 bits per heavy atom. The van der Waals surface area contributed by atoms with E-state index in [1.165, 1.54) is 25.7 Å². The minimum absolute atomic E-state index is 0.331. The van der Waals surface area contributed by atoms with Crippen LogP contribution in [0.3, 0.4) is 0 Å². The van der Waals surface area contributed by atoms with Crippen LogP contribution in [0, 0.1) is 5.92 Å². The molecule has 2 amide bonds. The lowest BCUT2D eigenvalue weighted by Gasteiger charge is -2.25. The average Bonchev–Trinajstić information content (AvgIpc) is 2.94. The van der Waals surface area contributed by atoms with Crippen molar-refractivity contribution in [1.82, 2.24) is 15.1 Å². The van der Waals surface area contributed by atoms with Gasteiger partial charge in [0.05, 0.1) is 12.2 Å². The van der Waals surface area contributed by atoms with Crippen LogP contribution in [-0.2, 0) is 9.59 Å². The third kappa shape index (κ3) is 3.48. The maximum absolute atomic E-state index is 12.0. The Balaban J connectivity index is 1.54. The first kappa shape index (κ1) is 15.1. The van der Waals surface area contributed by atoms with Crippen LogP contribution in [0.2, 0.25) is 0 Å². The van der Waals surface area contributed by atoms with Gasteiger partial charge < -0.3 is 10.6 Å². The molecule has 0 aromatic carbocycles. The second-order valence-electron chi connectivity index (χ2n) is 6.41. The van der Waals surface area contributed by atoms with Gasteiger partial charge in [-0.2, -0.15) is 5.10 Å². The van der Waals surface area contributed by atoms with Crippen LogP contribution >= 0.6 is 0 Å². The number of hydrogen-bond acceptors (Lipinski definition) is 3. The molecule has 120 valence electrons. The fraction of sp³-hybridized carbons (Fsp3) is 0.688. The second kappa shape index (κ2) is 6.94. The molecular formula is C16H24N4O2. The molecule has 1 aromatic rings. The van der Waals surface area contributed by atoms with Crippen molar-refractivity contribution in [2.45, 2.75) is 57.4 Å². The summed E-state index contributed by atoms with van der Waals surface area (Å²) in [7, 11) is 0. The van der Waals surface area contributed by atoms with E-state index in [1.54, 1.807) is 12.3 Å². The lowest BCUT2D eigenvalue weighted by atomic mass is 9.85. The zero-order valence-corrected chi connectivity index (χ0v) is 12.9. The van der Waals surface area contributed by atoms with Gasteiger partial charge in [0.2, 0.25) is 0 Å². The molecule has 6 nitrogen and oxygen atoms in total. The van der Waals surface area contributed by atoms with Crippen molar-refractivity contribution < 1.29 is 9.59 Å². The van der Waals surface area contributed by atoms with E-state index in [4.69, 9.17) is 0 Å². The van der Waals surface area contributed by atoms with Crippen LogP contribution in [0.1, 0.15) is 57.4 Å². The number of anilines is 1. The molecule has 0 unspecified atom stereocenters. The van der Waals surface area contributed by atoms with E-state index in [0.29, 0.717) is 24.3 Å². The molecule has 1 heterocycles. The van der Waals surface area contributed by atoms with Gasteiger partial charge in [0.1, 0.15) is 5.82 Å². The average molecular weight is 304 g/mol. The fourth-order valence-electron chi connectivity index (χ4n) is 3.22. The van der Waals surface area contributed by atoms with Crippen molar-refractivity contribution in [3.05, 3.63) is 12.3 Å². The lowest BCUT2D eigenvalue weighted by Crippen LogP contribution is -2.39. The SMILES string of the molecule is O=C(NCC1CCC1)C(=O)Nc1ccnn1C1CCCCC1. The molecule has 0 aliphatic heterocycles. The van der Waals surface area contributed by atoms with Crippen LogP contribution in [-0.4, -0.2) is 28.1 Å². The molecule has 1 aromatic heterocycles. The Morgan fingerprint density at radius 1 is 1.09 bits per heavy atom.